The number of hydrogen-bond donors (Lipinski definition) is 3. The molecule has 3 N–H and O–H groups in total. The van der Waals surface area contributed by atoms with E-state index in [0.717, 1.165) is 6.20 Å². The summed E-state index contributed by atoms with van der Waals surface area (Å²) in [5.74, 6) is -1.66. The molecule has 0 saturated carbocycles. The first-order valence-corrected chi connectivity index (χ1v) is 7.08. The van der Waals surface area contributed by atoms with Gasteiger partial charge in [0, 0.05) is 7.11 Å². The Morgan fingerprint density at radius 1 is 1.46 bits per heavy atom. The van der Waals surface area contributed by atoms with E-state index in [1.807, 2.05) is 5.32 Å². The fourth-order valence-corrected chi connectivity index (χ4v) is 2.12. The molecule has 0 spiro atoms. The van der Waals surface area contributed by atoms with E-state index in [1.165, 1.54) is 14.0 Å². The third kappa shape index (κ3) is 3.87. The molecule has 0 radical (unpaired) electrons. The Morgan fingerprint density at radius 2 is 2.17 bits per heavy atom. The monoisotopic (exact) mass is 347 g/mol. The predicted molar refractivity (Wildman–Crippen MR) is 76.9 cm³/mol. The van der Waals surface area contributed by atoms with Gasteiger partial charge in [-0.1, -0.05) is 0 Å². The molecule has 2 rings (SSSR count). The van der Waals surface area contributed by atoms with Gasteiger partial charge < -0.3 is 24.4 Å². The highest BCUT2D eigenvalue weighted by atomic mass is 19.1. The second kappa shape index (κ2) is 7.66. The lowest BCUT2D eigenvalue weighted by molar-refractivity contribution is -0.0355. The number of nitrogens with zero attached hydrogens (tertiary/aromatic N) is 2. The highest BCUT2D eigenvalue weighted by Gasteiger charge is 2.42. The summed E-state index contributed by atoms with van der Waals surface area (Å²) in [4.78, 5) is 26.8. The second-order valence-electron chi connectivity index (χ2n) is 5.09. The van der Waals surface area contributed by atoms with Crippen LogP contribution in [0.1, 0.15) is 13.2 Å². The fourth-order valence-electron chi connectivity index (χ4n) is 2.12. The number of ether oxygens (including phenoxy) is 3. The van der Waals surface area contributed by atoms with E-state index in [1.54, 1.807) is 0 Å². The van der Waals surface area contributed by atoms with Gasteiger partial charge in [0.05, 0.1) is 18.9 Å². The lowest BCUT2D eigenvalue weighted by Crippen LogP contribution is -2.36. The minimum Gasteiger partial charge on any atom is -0.447 e. The standard InChI is InChI=1S/C13H18FN3O7/c1-6-8(18)9(19)11(24-6)17-5-7(14)10(15-12(17)20)16-13(21)23-4-3-22-2/h5-6,8-9,11,18-19H,3-4H2,1-2H3,(H,15,16,20,21)/t6-,8?,9?,11-/m1/s1. The number of aliphatic hydroxyl groups is 2. The maximum atomic E-state index is 14.0. The molecular formula is C13H18FN3O7. The zero-order valence-electron chi connectivity index (χ0n) is 13.0. The predicted octanol–water partition coefficient (Wildman–Crippen LogP) is -0.784. The van der Waals surface area contributed by atoms with Crippen molar-refractivity contribution < 1.29 is 33.6 Å². The summed E-state index contributed by atoms with van der Waals surface area (Å²) in [7, 11) is 1.42. The number of anilines is 1. The molecule has 0 aromatic carbocycles. The fraction of sp³-hybridized carbons (Fsp3) is 0.615. The van der Waals surface area contributed by atoms with Gasteiger partial charge in [-0.25, -0.2) is 14.0 Å². The van der Waals surface area contributed by atoms with Crippen LogP contribution in [0.2, 0.25) is 0 Å². The molecule has 1 aromatic rings. The first kappa shape index (κ1) is 18.3. The molecule has 0 aliphatic carbocycles. The number of carbonyl (C=O) groups is 1. The molecule has 134 valence electrons. The summed E-state index contributed by atoms with van der Waals surface area (Å²) in [5.41, 5.74) is -0.978. The zero-order chi connectivity index (χ0) is 17.9. The lowest BCUT2D eigenvalue weighted by atomic mass is 10.1. The molecule has 11 heteroatoms. The Balaban J connectivity index is 2.14. The van der Waals surface area contributed by atoms with Crippen LogP contribution in [0, 0.1) is 5.82 Å². The van der Waals surface area contributed by atoms with Crippen LogP contribution in [0.15, 0.2) is 11.0 Å². The molecule has 1 saturated heterocycles. The Kier molecular flexibility index (Phi) is 5.83. The molecule has 2 heterocycles. The van der Waals surface area contributed by atoms with Crippen molar-refractivity contribution in [1.82, 2.24) is 9.55 Å². The summed E-state index contributed by atoms with van der Waals surface area (Å²) in [6, 6.07) is 0. The number of rotatable bonds is 5. The van der Waals surface area contributed by atoms with Crippen molar-refractivity contribution in [2.45, 2.75) is 31.5 Å². The van der Waals surface area contributed by atoms with Crippen molar-refractivity contribution in [3.05, 3.63) is 22.5 Å². The maximum absolute atomic E-state index is 14.0. The van der Waals surface area contributed by atoms with Crippen LogP contribution in [0.3, 0.4) is 0 Å². The SMILES string of the molecule is COCCOC(=O)Nc1nc(=O)n([C@@H]2O[C@H](C)C(O)C2O)cc1F. The Bertz CT molecular complexity index is 653. The summed E-state index contributed by atoms with van der Waals surface area (Å²) in [6.07, 6.45) is -4.95. The molecule has 1 aliphatic heterocycles. The Hall–Kier alpha value is -2.08. The maximum Gasteiger partial charge on any atom is 0.412 e. The van der Waals surface area contributed by atoms with Crippen LogP contribution < -0.4 is 11.0 Å². The zero-order valence-corrected chi connectivity index (χ0v) is 13.0. The van der Waals surface area contributed by atoms with E-state index >= 15 is 0 Å². The summed E-state index contributed by atoms with van der Waals surface area (Å²) < 4.78 is 29.3. The highest BCUT2D eigenvalue weighted by Crippen LogP contribution is 2.28. The summed E-state index contributed by atoms with van der Waals surface area (Å²) in [6.45, 7) is 1.59. The van der Waals surface area contributed by atoms with E-state index in [4.69, 9.17) is 4.74 Å². The van der Waals surface area contributed by atoms with Crippen LogP contribution in [0.5, 0.6) is 0 Å². The van der Waals surface area contributed by atoms with Gasteiger partial charge >= 0.3 is 11.8 Å². The van der Waals surface area contributed by atoms with Crippen molar-refractivity contribution >= 4 is 11.9 Å². The Labute approximate surface area is 135 Å². The number of carbonyl (C=O) groups excluding carboxylic acids is 1. The third-order valence-electron chi connectivity index (χ3n) is 3.40. The van der Waals surface area contributed by atoms with Crippen LogP contribution in [0.4, 0.5) is 15.0 Å². The van der Waals surface area contributed by atoms with E-state index < -0.39 is 48.0 Å². The van der Waals surface area contributed by atoms with Gasteiger partial charge in [0.15, 0.2) is 17.9 Å². The number of methoxy groups -OCH3 is 1. The number of halogens is 1. The topological polar surface area (TPSA) is 132 Å². The molecular weight excluding hydrogens is 329 g/mol. The largest absolute Gasteiger partial charge is 0.447 e. The van der Waals surface area contributed by atoms with Gasteiger partial charge in [-0.15, -0.1) is 0 Å². The first-order chi connectivity index (χ1) is 11.3. The van der Waals surface area contributed by atoms with E-state index in [-0.39, 0.29) is 13.2 Å². The normalized spacial score (nSPS) is 26.4. The van der Waals surface area contributed by atoms with Crippen molar-refractivity contribution in [3.8, 4) is 0 Å². The summed E-state index contributed by atoms with van der Waals surface area (Å²) >= 11 is 0. The van der Waals surface area contributed by atoms with Gasteiger partial charge in [-0.05, 0) is 6.92 Å². The van der Waals surface area contributed by atoms with E-state index in [9.17, 15) is 24.2 Å². The summed E-state index contributed by atoms with van der Waals surface area (Å²) in [5, 5.41) is 21.5. The van der Waals surface area contributed by atoms with Gasteiger partial charge in [-0.2, -0.15) is 4.98 Å². The van der Waals surface area contributed by atoms with Crippen LogP contribution in [0.25, 0.3) is 0 Å². The molecule has 1 aromatic heterocycles. The third-order valence-corrected chi connectivity index (χ3v) is 3.40. The van der Waals surface area contributed by atoms with Crippen LogP contribution in [-0.2, 0) is 14.2 Å². The van der Waals surface area contributed by atoms with E-state index in [2.05, 4.69) is 14.5 Å². The number of amides is 1. The minimum absolute atomic E-state index is 0.0566. The lowest BCUT2D eigenvalue weighted by Gasteiger charge is -2.17. The molecule has 1 aliphatic rings. The van der Waals surface area contributed by atoms with Gasteiger partial charge in [-0.3, -0.25) is 9.88 Å². The molecule has 24 heavy (non-hydrogen) atoms. The van der Waals surface area contributed by atoms with Crippen LogP contribution >= 0.6 is 0 Å². The molecule has 10 nitrogen and oxygen atoms in total. The van der Waals surface area contributed by atoms with Crippen molar-refractivity contribution in [2.75, 3.05) is 25.6 Å². The smallest absolute Gasteiger partial charge is 0.412 e. The average Bonchev–Trinajstić information content (AvgIpc) is 2.78. The number of aromatic nitrogens is 2. The first-order valence-electron chi connectivity index (χ1n) is 7.08. The molecule has 1 amide bonds. The molecule has 4 atom stereocenters. The van der Waals surface area contributed by atoms with Crippen LogP contribution in [-0.4, -0.2) is 64.5 Å². The molecule has 0 bridgehead atoms. The quantitative estimate of drug-likeness (QED) is 0.591. The van der Waals surface area contributed by atoms with Gasteiger partial charge in [0.25, 0.3) is 0 Å². The number of aliphatic hydroxyl groups excluding tert-OH is 2. The molecule has 2 unspecified atom stereocenters. The van der Waals surface area contributed by atoms with Gasteiger partial charge in [0.2, 0.25) is 0 Å². The van der Waals surface area contributed by atoms with E-state index in [0.29, 0.717) is 4.57 Å². The Morgan fingerprint density at radius 3 is 2.75 bits per heavy atom. The second-order valence-corrected chi connectivity index (χ2v) is 5.09. The number of hydrogen-bond acceptors (Lipinski definition) is 8. The van der Waals surface area contributed by atoms with Crippen molar-refractivity contribution in [3.63, 3.8) is 0 Å². The highest BCUT2D eigenvalue weighted by molar-refractivity contribution is 5.83. The minimum atomic E-state index is -1.42. The average molecular weight is 347 g/mol. The van der Waals surface area contributed by atoms with Crippen molar-refractivity contribution in [2.24, 2.45) is 0 Å². The molecule has 1 fully saturated rings. The number of nitrogens with one attached hydrogen (secondary N) is 1. The van der Waals surface area contributed by atoms with Crippen molar-refractivity contribution in [1.29, 1.82) is 0 Å². The van der Waals surface area contributed by atoms with Gasteiger partial charge in [0.1, 0.15) is 18.8 Å².